The van der Waals surface area contributed by atoms with Crippen molar-refractivity contribution < 1.29 is 13.5 Å². The maximum Gasteiger partial charge on any atom is 0.200 e. The molecule has 0 saturated heterocycles. The minimum atomic E-state index is -0.940. The molecule has 6 heteroatoms. The van der Waals surface area contributed by atoms with Crippen LogP contribution in [0.1, 0.15) is 4.88 Å². The lowest BCUT2D eigenvalue weighted by Gasteiger charge is -2.08. The van der Waals surface area contributed by atoms with Crippen LogP contribution in [0.25, 0.3) is 0 Å². The van der Waals surface area contributed by atoms with Crippen LogP contribution in [0.4, 0.5) is 8.78 Å². The number of rotatable bonds is 6. The van der Waals surface area contributed by atoms with Crippen LogP contribution in [0.3, 0.4) is 0 Å². The van der Waals surface area contributed by atoms with E-state index >= 15 is 0 Å². The highest BCUT2D eigenvalue weighted by atomic mass is 79.9. The Morgan fingerprint density at radius 3 is 2.89 bits per heavy atom. The molecule has 0 unspecified atom stereocenters. The van der Waals surface area contributed by atoms with Crippen molar-refractivity contribution in [3.05, 3.63) is 50.6 Å². The summed E-state index contributed by atoms with van der Waals surface area (Å²) in [6.45, 7) is 1.57. The minimum absolute atomic E-state index is 0.0549. The average molecular weight is 348 g/mol. The molecule has 0 radical (unpaired) electrons. The summed E-state index contributed by atoms with van der Waals surface area (Å²) in [5, 5.41) is 5.18. The Labute approximate surface area is 122 Å². The number of ether oxygens (including phenoxy) is 1. The zero-order valence-corrected chi connectivity index (χ0v) is 12.4. The van der Waals surface area contributed by atoms with E-state index < -0.39 is 11.6 Å². The second-order valence-corrected chi connectivity index (χ2v) is 5.72. The normalized spacial score (nSPS) is 10.7. The molecule has 0 aliphatic rings. The van der Waals surface area contributed by atoms with E-state index in [1.165, 1.54) is 17.0 Å². The molecule has 1 aromatic heterocycles. The Hall–Kier alpha value is -0.980. The van der Waals surface area contributed by atoms with Gasteiger partial charge in [0.05, 0.1) is 0 Å². The van der Waals surface area contributed by atoms with Gasteiger partial charge in [0, 0.05) is 27.8 Å². The molecule has 2 rings (SSSR count). The number of thiophene rings is 1. The maximum absolute atomic E-state index is 13.3. The number of hydrogen-bond acceptors (Lipinski definition) is 3. The van der Waals surface area contributed by atoms with Crippen molar-refractivity contribution in [2.24, 2.45) is 0 Å². The molecule has 1 aromatic carbocycles. The molecule has 0 atom stereocenters. The molecule has 0 aliphatic heterocycles. The van der Waals surface area contributed by atoms with Crippen LogP contribution in [0.15, 0.2) is 34.1 Å². The third-order valence-corrected chi connectivity index (χ3v) is 4.07. The van der Waals surface area contributed by atoms with Gasteiger partial charge < -0.3 is 10.1 Å². The fourth-order valence-corrected chi connectivity index (χ4v) is 2.91. The summed E-state index contributed by atoms with van der Waals surface area (Å²) in [5.74, 6) is -1.89. The topological polar surface area (TPSA) is 21.3 Å². The van der Waals surface area contributed by atoms with Gasteiger partial charge in [0.1, 0.15) is 6.61 Å². The Balaban J connectivity index is 1.71. The fourth-order valence-electron chi connectivity index (χ4n) is 1.49. The first-order valence-corrected chi connectivity index (χ1v) is 7.34. The van der Waals surface area contributed by atoms with E-state index in [-0.39, 0.29) is 12.4 Å². The number of nitrogens with one attached hydrogen (secondary N) is 1. The standard InChI is InChI=1S/C13H12BrF2NOS/c14-9-6-10(19-8-9)7-17-4-5-18-12-3-1-2-11(15)13(12)16/h1-3,6,8,17H,4-5,7H2. The molecule has 0 amide bonds. The second kappa shape index (κ2) is 6.98. The van der Waals surface area contributed by atoms with E-state index in [4.69, 9.17) is 4.74 Å². The highest BCUT2D eigenvalue weighted by molar-refractivity contribution is 9.10. The lowest BCUT2D eigenvalue weighted by atomic mass is 10.3. The molecule has 102 valence electrons. The van der Waals surface area contributed by atoms with Gasteiger partial charge in [-0.05, 0) is 34.1 Å². The molecular formula is C13H12BrF2NOS. The molecule has 2 aromatic rings. The van der Waals surface area contributed by atoms with Crippen molar-refractivity contribution in [1.82, 2.24) is 5.32 Å². The predicted molar refractivity (Wildman–Crippen MR) is 75.6 cm³/mol. The van der Waals surface area contributed by atoms with Gasteiger partial charge in [-0.15, -0.1) is 11.3 Å². The Morgan fingerprint density at radius 1 is 1.32 bits per heavy atom. The van der Waals surface area contributed by atoms with E-state index in [1.807, 2.05) is 11.4 Å². The zero-order valence-electron chi connectivity index (χ0n) is 9.96. The molecule has 0 spiro atoms. The number of benzene rings is 1. The summed E-state index contributed by atoms with van der Waals surface area (Å²) in [5.41, 5.74) is 0. The molecule has 2 nitrogen and oxygen atoms in total. The summed E-state index contributed by atoms with van der Waals surface area (Å²) in [4.78, 5) is 1.20. The van der Waals surface area contributed by atoms with Gasteiger partial charge in [0.15, 0.2) is 11.6 Å². The summed E-state index contributed by atoms with van der Waals surface area (Å²) in [6, 6.07) is 5.93. The Bertz CT molecular complexity index is 547. The van der Waals surface area contributed by atoms with E-state index in [1.54, 1.807) is 11.3 Å². The summed E-state index contributed by atoms with van der Waals surface area (Å²) >= 11 is 5.03. The maximum atomic E-state index is 13.3. The summed E-state index contributed by atoms with van der Waals surface area (Å²) in [6.07, 6.45) is 0. The molecular weight excluding hydrogens is 336 g/mol. The molecule has 0 saturated carbocycles. The summed E-state index contributed by atoms with van der Waals surface area (Å²) < 4.78 is 32.4. The van der Waals surface area contributed by atoms with Crippen molar-refractivity contribution in [1.29, 1.82) is 0 Å². The summed E-state index contributed by atoms with van der Waals surface area (Å²) in [7, 11) is 0. The Morgan fingerprint density at radius 2 is 2.16 bits per heavy atom. The van der Waals surface area contributed by atoms with Crippen LogP contribution in [-0.2, 0) is 6.54 Å². The third kappa shape index (κ3) is 4.26. The van der Waals surface area contributed by atoms with Crippen LogP contribution in [-0.4, -0.2) is 13.2 Å². The van der Waals surface area contributed by atoms with Gasteiger partial charge in [0.25, 0.3) is 0 Å². The number of halogens is 3. The quantitative estimate of drug-likeness (QED) is 0.798. The first kappa shape index (κ1) is 14.4. The molecule has 0 fully saturated rings. The highest BCUT2D eigenvalue weighted by Gasteiger charge is 2.07. The van der Waals surface area contributed by atoms with Gasteiger partial charge in [-0.25, -0.2) is 4.39 Å². The highest BCUT2D eigenvalue weighted by Crippen LogP contribution is 2.20. The van der Waals surface area contributed by atoms with Gasteiger partial charge in [-0.3, -0.25) is 0 Å². The molecule has 0 bridgehead atoms. The van der Waals surface area contributed by atoms with E-state index in [0.29, 0.717) is 6.54 Å². The predicted octanol–water partition coefficient (Wildman–Crippen LogP) is 3.96. The van der Waals surface area contributed by atoms with E-state index in [0.717, 1.165) is 17.1 Å². The smallest absolute Gasteiger partial charge is 0.200 e. The van der Waals surface area contributed by atoms with Crippen molar-refractivity contribution in [3.8, 4) is 5.75 Å². The fraction of sp³-hybridized carbons (Fsp3) is 0.231. The second-order valence-electron chi connectivity index (χ2n) is 3.81. The van der Waals surface area contributed by atoms with Crippen molar-refractivity contribution >= 4 is 27.3 Å². The van der Waals surface area contributed by atoms with Gasteiger partial charge in [-0.2, -0.15) is 4.39 Å². The third-order valence-electron chi connectivity index (χ3n) is 2.37. The van der Waals surface area contributed by atoms with Crippen LogP contribution in [0.5, 0.6) is 5.75 Å². The van der Waals surface area contributed by atoms with Crippen molar-refractivity contribution in [2.75, 3.05) is 13.2 Å². The van der Waals surface area contributed by atoms with Gasteiger partial charge >= 0.3 is 0 Å². The lowest BCUT2D eigenvalue weighted by Crippen LogP contribution is -2.20. The molecule has 19 heavy (non-hydrogen) atoms. The van der Waals surface area contributed by atoms with Gasteiger partial charge in [0.2, 0.25) is 5.82 Å². The number of hydrogen-bond donors (Lipinski definition) is 1. The zero-order chi connectivity index (χ0) is 13.7. The molecule has 1 heterocycles. The first-order valence-electron chi connectivity index (χ1n) is 5.67. The Kier molecular flexibility index (Phi) is 5.30. The van der Waals surface area contributed by atoms with Crippen LogP contribution < -0.4 is 10.1 Å². The lowest BCUT2D eigenvalue weighted by molar-refractivity contribution is 0.293. The van der Waals surface area contributed by atoms with Crippen molar-refractivity contribution in [3.63, 3.8) is 0 Å². The first-order chi connectivity index (χ1) is 9.16. The van der Waals surface area contributed by atoms with Gasteiger partial charge in [-0.1, -0.05) is 6.07 Å². The van der Waals surface area contributed by atoms with Crippen LogP contribution in [0.2, 0.25) is 0 Å². The minimum Gasteiger partial charge on any atom is -0.489 e. The molecule has 0 aliphatic carbocycles. The van der Waals surface area contributed by atoms with E-state index in [9.17, 15) is 8.78 Å². The van der Waals surface area contributed by atoms with Crippen LogP contribution in [0, 0.1) is 11.6 Å². The SMILES string of the molecule is Fc1cccc(OCCNCc2cc(Br)cs2)c1F. The molecule has 1 N–H and O–H groups in total. The van der Waals surface area contributed by atoms with Crippen molar-refractivity contribution in [2.45, 2.75) is 6.54 Å². The van der Waals surface area contributed by atoms with Crippen LogP contribution >= 0.6 is 27.3 Å². The van der Waals surface area contributed by atoms with E-state index in [2.05, 4.69) is 21.2 Å². The monoisotopic (exact) mass is 347 g/mol. The largest absolute Gasteiger partial charge is 0.489 e. The average Bonchev–Trinajstić information content (AvgIpc) is 2.80.